The van der Waals surface area contributed by atoms with Gasteiger partial charge in [-0.3, -0.25) is 0 Å². The van der Waals surface area contributed by atoms with Crippen molar-refractivity contribution >= 4 is 6.09 Å². The molecule has 1 amide bonds. The standard InChI is InChI=1S/C24H27NO3/c26-24(27)25-15-22-19-12-6-7-13-20(19)23-17(9-8-14-21(22)23)16-28-18-10-4-2-1-3-5-11-18/h1-2,6-9,12-14,18,22,25H,3-5,10-11,15-16H2,(H,26,27)/t18-,22?/m1/s1. The van der Waals surface area contributed by atoms with E-state index in [1.807, 2.05) is 12.1 Å². The van der Waals surface area contributed by atoms with E-state index in [4.69, 9.17) is 9.84 Å². The summed E-state index contributed by atoms with van der Waals surface area (Å²) in [6, 6.07) is 14.6. The van der Waals surface area contributed by atoms with Crippen LogP contribution in [0.2, 0.25) is 0 Å². The second-order valence-corrected chi connectivity index (χ2v) is 7.62. The fraction of sp³-hybridized carbons (Fsp3) is 0.375. The summed E-state index contributed by atoms with van der Waals surface area (Å²) in [4.78, 5) is 11.0. The molecule has 2 aliphatic carbocycles. The molecule has 0 heterocycles. The molecule has 2 atom stereocenters. The van der Waals surface area contributed by atoms with Crippen LogP contribution in [-0.4, -0.2) is 23.8 Å². The molecule has 4 heteroatoms. The van der Waals surface area contributed by atoms with E-state index < -0.39 is 6.09 Å². The molecule has 2 aromatic rings. The Hall–Kier alpha value is -2.59. The molecule has 2 N–H and O–H groups in total. The maximum Gasteiger partial charge on any atom is 0.404 e. The van der Waals surface area contributed by atoms with Crippen LogP contribution < -0.4 is 5.32 Å². The van der Waals surface area contributed by atoms with Gasteiger partial charge in [-0.05, 0) is 59.9 Å². The predicted octanol–water partition coefficient (Wildman–Crippen LogP) is 5.47. The molecule has 0 aliphatic heterocycles. The van der Waals surface area contributed by atoms with Crippen molar-refractivity contribution in [1.82, 2.24) is 5.32 Å². The molecule has 2 aliphatic rings. The number of hydrogen-bond acceptors (Lipinski definition) is 2. The number of nitrogens with one attached hydrogen (secondary N) is 1. The molecule has 0 saturated carbocycles. The fourth-order valence-electron chi connectivity index (χ4n) is 4.46. The molecule has 28 heavy (non-hydrogen) atoms. The zero-order valence-electron chi connectivity index (χ0n) is 16.1. The Bertz CT molecular complexity index is 874. The van der Waals surface area contributed by atoms with E-state index in [-0.39, 0.29) is 5.92 Å². The van der Waals surface area contributed by atoms with Gasteiger partial charge < -0.3 is 15.2 Å². The molecule has 1 unspecified atom stereocenters. The van der Waals surface area contributed by atoms with Crippen molar-refractivity contribution in [2.24, 2.45) is 0 Å². The first-order valence-corrected chi connectivity index (χ1v) is 10.2. The van der Waals surface area contributed by atoms with Gasteiger partial charge >= 0.3 is 6.09 Å². The number of allylic oxidation sites excluding steroid dienone is 2. The molecule has 4 nitrogen and oxygen atoms in total. The Balaban J connectivity index is 1.58. The Kier molecular flexibility index (Phi) is 5.77. The Labute approximate surface area is 166 Å². The van der Waals surface area contributed by atoms with Crippen LogP contribution in [-0.2, 0) is 11.3 Å². The summed E-state index contributed by atoms with van der Waals surface area (Å²) in [7, 11) is 0. The normalized spacial score (nSPS) is 20.7. The molecular weight excluding hydrogens is 350 g/mol. The van der Waals surface area contributed by atoms with Crippen LogP contribution in [0, 0.1) is 0 Å². The van der Waals surface area contributed by atoms with Crippen LogP contribution in [0.3, 0.4) is 0 Å². The van der Waals surface area contributed by atoms with Crippen LogP contribution in [0.1, 0.15) is 54.7 Å². The monoisotopic (exact) mass is 377 g/mol. The zero-order chi connectivity index (χ0) is 19.3. The number of ether oxygens (including phenoxy) is 1. The molecule has 4 rings (SSSR count). The summed E-state index contributed by atoms with van der Waals surface area (Å²) in [6.45, 7) is 0.990. The third-order valence-corrected chi connectivity index (χ3v) is 5.81. The lowest BCUT2D eigenvalue weighted by Crippen LogP contribution is -2.26. The van der Waals surface area contributed by atoms with E-state index in [2.05, 4.69) is 47.8 Å². The van der Waals surface area contributed by atoms with Crippen molar-refractivity contribution in [3.63, 3.8) is 0 Å². The highest BCUT2D eigenvalue weighted by Gasteiger charge is 2.30. The van der Waals surface area contributed by atoms with E-state index in [0.717, 1.165) is 25.7 Å². The molecular formula is C24H27NO3. The molecule has 0 fully saturated rings. The van der Waals surface area contributed by atoms with E-state index in [1.54, 1.807) is 0 Å². The third-order valence-electron chi connectivity index (χ3n) is 5.81. The van der Waals surface area contributed by atoms with Crippen molar-refractivity contribution < 1.29 is 14.6 Å². The van der Waals surface area contributed by atoms with Gasteiger partial charge in [0.2, 0.25) is 0 Å². The van der Waals surface area contributed by atoms with Gasteiger partial charge in [-0.1, -0.05) is 54.6 Å². The number of fused-ring (bicyclic) bond motifs is 3. The second kappa shape index (κ2) is 8.61. The molecule has 2 aromatic carbocycles. The number of hydrogen-bond donors (Lipinski definition) is 2. The quantitative estimate of drug-likeness (QED) is 0.679. The molecule has 0 radical (unpaired) electrons. The molecule has 0 bridgehead atoms. The summed E-state index contributed by atoms with van der Waals surface area (Å²) in [5, 5.41) is 11.6. The van der Waals surface area contributed by atoms with Crippen molar-refractivity contribution in [2.45, 2.75) is 50.7 Å². The summed E-state index contributed by atoms with van der Waals surface area (Å²) in [6.07, 6.45) is 9.48. The molecule has 0 spiro atoms. The summed E-state index contributed by atoms with van der Waals surface area (Å²) in [5.41, 5.74) is 6.00. The SMILES string of the molecule is O=C(O)NCC1c2ccccc2-c2c(CO[C@@H]3CCC=CCCC3)cccc21. The minimum absolute atomic E-state index is 0.0498. The van der Waals surface area contributed by atoms with E-state index in [0.29, 0.717) is 19.3 Å². The lowest BCUT2D eigenvalue weighted by Gasteiger charge is -2.20. The number of rotatable bonds is 5. The lowest BCUT2D eigenvalue weighted by molar-refractivity contribution is 0.0286. The largest absolute Gasteiger partial charge is 0.465 e. The highest BCUT2D eigenvalue weighted by molar-refractivity contribution is 5.81. The maximum atomic E-state index is 11.0. The average Bonchev–Trinajstić information content (AvgIpc) is 3.00. The Morgan fingerprint density at radius 1 is 1.04 bits per heavy atom. The van der Waals surface area contributed by atoms with Crippen molar-refractivity contribution in [1.29, 1.82) is 0 Å². The number of carbonyl (C=O) groups is 1. The van der Waals surface area contributed by atoms with Gasteiger partial charge in [0.25, 0.3) is 0 Å². The predicted molar refractivity (Wildman–Crippen MR) is 111 cm³/mol. The van der Waals surface area contributed by atoms with Gasteiger partial charge in [-0.2, -0.15) is 0 Å². The summed E-state index contributed by atoms with van der Waals surface area (Å²) >= 11 is 0. The van der Waals surface area contributed by atoms with Gasteiger partial charge in [0.05, 0.1) is 12.7 Å². The Morgan fingerprint density at radius 3 is 2.75 bits per heavy atom. The first-order valence-electron chi connectivity index (χ1n) is 10.2. The van der Waals surface area contributed by atoms with Gasteiger partial charge in [-0.15, -0.1) is 0 Å². The number of carboxylic acid groups (broad SMARTS) is 1. The topological polar surface area (TPSA) is 58.6 Å². The van der Waals surface area contributed by atoms with Crippen LogP contribution in [0.5, 0.6) is 0 Å². The minimum Gasteiger partial charge on any atom is -0.465 e. The summed E-state index contributed by atoms with van der Waals surface area (Å²) < 4.78 is 6.33. The van der Waals surface area contributed by atoms with Crippen molar-refractivity contribution in [2.75, 3.05) is 6.54 Å². The van der Waals surface area contributed by atoms with Crippen LogP contribution in [0.25, 0.3) is 11.1 Å². The van der Waals surface area contributed by atoms with Gasteiger partial charge in [-0.25, -0.2) is 4.79 Å². The van der Waals surface area contributed by atoms with E-state index in [9.17, 15) is 4.79 Å². The van der Waals surface area contributed by atoms with E-state index in [1.165, 1.54) is 34.2 Å². The maximum absolute atomic E-state index is 11.0. The average molecular weight is 377 g/mol. The van der Waals surface area contributed by atoms with Crippen LogP contribution >= 0.6 is 0 Å². The van der Waals surface area contributed by atoms with Gasteiger partial charge in [0.1, 0.15) is 0 Å². The first kappa shape index (κ1) is 18.8. The lowest BCUT2D eigenvalue weighted by atomic mass is 9.96. The van der Waals surface area contributed by atoms with Crippen molar-refractivity contribution in [3.8, 4) is 11.1 Å². The van der Waals surface area contributed by atoms with Gasteiger partial charge in [0.15, 0.2) is 0 Å². The van der Waals surface area contributed by atoms with Crippen molar-refractivity contribution in [3.05, 3.63) is 71.3 Å². The summed E-state index contributed by atoms with van der Waals surface area (Å²) in [5.74, 6) is 0.0498. The zero-order valence-corrected chi connectivity index (χ0v) is 16.1. The van der Waals surface area contributed by atoms with Gasteiger partial charge in [0, 0.05) is 12.5 Å². The van der Waals surface area contributed by atoms with Crippen LogP contribution in [0.4, 0.5) is 4.79 Å². The smallest absolute Gasteiger partial charge is 0.404 e. The first-order chi connectivity index (χ1) is 13.7. The molecule has 0 aromatic heterocycles. The fourth-order valence-corrected chi connectivity index (χ4v) is 4.46. The second-order valence-electron chi connectivity index (χ2n) is 7.62. The number of amides is 1. The highest BCUT2D eigenvalue weighted by Crippen LogP contribution is 2.46. The Morgan fingerprint density at radius 2 is 1.86 bits per heavy atom. The highest BCUT2D eigenvalue weighted by atomic mass is 16.5. The van der Waals surface area contributed by atoms with Crippen LogP contribution in [0.15, 0.2) is 54.6 Å². The molecule has 0 saturated heterocycles. The number of benzene rings is 2. The molecule has 146 valence electrons. The third kappa shape index (κ3) is 3.97. The minimum atomic E-state index is -0.983. The van der Waals surface area contributed by atoms with E-state index >= 15 is 0 Å².